The van der Waals surface area contributed by atoms with Gasteiger partial charge in [0.25, 0.3) is 0 Å². The van der Waals surface area contributed by atoms with Crippen LogP contribution in [0.3, 0.4) is 0 Å². The van der Waals surface area contributed by atoms with Gasteiger partial charge in [-0.3, -0.25) is 0 Å². The summed E-state index contributed by atoms with van der Waals surface area (Å²) in [6, 6.07) is 6.47. The normalized spacial score (nSPS) is 18.1. The fraction of sp³-hybridized carbons (Fsp3) is 0.652. The van der Waals surface area contributed by atoms with E-state index in [1.807, 2.05) is 52.0 Å². The third-order valence-electron chi connectivity index (χ3n) is 5.46. The molecular weight excluding hydrogens is 413 g/mol. The first-order chi connectivity index (χ1) is 14.7. The second-order valence-corrected chi connectivity index (χ2v) is 9.89. The minimum atomic E-state index is -0.856. The van der Waals surface area contributed by atoms with Crippen molar-refractivity contribution in [1.82, 2.24) is 5.32 Å². The van der Waals surface area contributed by atoms with E-state index in [1.54, 1.807) is 20.8 Å². The Kier molecular flexibility index (Phi) is 8.23. The van der Waals surface area contributed by atoms with Crippen LogP contribution in [0.2, 0.25) is 6.32 Å². The molecule has 0 bridgehead atoms. The Morgan fingerprint density at radius 3 is 2.12 bits per heavy atom. The fourth-order valence-electron chi connectivity index (χ4n) is 3.10. The molecule has 1 aliphatic heterocycles. The average molecular weight is 449 g/mol. The number of methoxy groups -OCH3 is 1. The lowest BCUT2D eigenvalue weighted by molar-refractivity contribution is -0.143. The molecule has 178 valence electrons. The molecule has 0 spiro atoms. The molecule has 1 saturated heterocycles. The molecule has 32 heavy (non-hydrogen) atoms. The first kappa shape index (κ1) is 26.0. The molecule has 2 rings (SSSR count). The summed E-state index contributed by atoms with van der Waals surface area (Å²) >= 11 is 0. The number of nitrogens with one attached hydrogen (secondary N) is 1. The maximum Gasteiger partial charge on any atom is 0.461 e. The third-order valence-corrected chi connectivity index (χ3v) is 5.46. The number of benzene rings is 1. The van der Waals surface area contributed by atoms with Crippen LogP contribution in [0.1, 0.15) is 54.0 Å². The van der Waals surface area contributed by atoms with Gasteiger partial charge >= 0.3 is 19.2 Å². The van der Waals surface area contributed by atoms with Crippen LogP contribution in [-0.4, -0.2) is 55.7 Å². The number of hydrogen-bond acceptors (Lipinski definition) is 7. The molecule has 1 atom stereocenters. The number of ether oxygens (including phenoxy) is 3. The second kappa shape index (κ2) is 10.1. The van der Waals surface area contributed by atoms with Gasteiger partial charge in [-0.1, -0.05) is 12.1 Å². The molecule has 1 amide bonds. The zero-order valence-corrected chi connectivity index (χ0v) is 20.4. The highest BCUT2D eigenvalue weighted by Crippen LogP contribution is 2.37. The summed E-state index contributed by atoms with van der Waals surface area (Å²) < 4.78 is 27.8. The summed E-state index contributed by atoms with van der Waals surface area (Å²) in [5, 5.41) is 2.57. The van der Waals surface area contributed by atoms with Crippen LogP contribution in [-0.2, 0) is 30.0 Å². The van der Waals surface area contributed by atoms with Gasteiger partial charge in [0.15, 0.2) is 0 Å². The lowest BCUT2D eigenvalue weighted by atomic mass is 9.86. The minimum absolute atomic E-state index is 0.264. The zero-order valence-electron chi connectivity index (χ0n) is 20.4. The summed E-state index contributed by atoms with van der Waals surface area (Å²) in [5.74, 6) is 0.151. The van der Waals surface area contributed by atoms with Crippen LogP contribution in [0, 0.1) is 0 Å². The largest absolute Gasteiger partial charge is 0.494 e. The SMILES string of the molecule is COC(=O)[C@H](Cc1ccc(OCCB2OC(C)(C)C(C)(C)O2)cc1)NC(=O)OC(C)(C)C. The Bertz CT molecular complexity index is 771. The lowest BCUT2D eigenvalue weighted by Crippen LogP contribution is -2.45. The van der Waals surface area contributed by atoms with E-state index in [2.05, 4.69) is 5.32 Å². The van der Waals surface area contributed by atoms with Crippen molar-refractivity contribution in [2.24, 2.45) is 0 Å². The molecule has 1 heterocycles. The zero-order chi connectivity index (χ0) is 24.2. The first-order valence-electron chi connectivity index (χ1n) is 10.9. The predicted molar refractivity (Wildman–Crippen MR) is 122 cm³/mol. The van der Waals surface area contributed by atoms with Crippen LogP contribution in [0.5, 0.6) is 5.75 Å². The highest BCUT2D eigenvalue weighted by atomic mass is 16.7. The minimum Gasteiger partial charge on any atom is -0.494 e. The van der Waals surface area contributed by atoms with E-state index in [-0.39, 0.29) is 24.7 Å². The van der Waals surface area contributed by atoms with Crippen molar-refractivity contribution in [1.29, 1.82) is 0 Å². The van der Waals surface area contributed by atoms with Gasteiger partial charge in [0.1, 0.15) is 17.4 Å². The van der Waals surface area contributed by atoms with Crippen molar-refractivity contribution in [2.45, 2.75) is 84.1 Å². The van der Waals surface area contributed by atoms with E-state index in [1.165, 1.54) is 7.11 Å². The van der Waals surface area contributed by atoms with E-state index in [0.717, 1.165) is 5.56 Å². The summed E-state index contributed by atoms with van der Waals surface area (Å²) in [7, 11) is 0.974. The lowest BCUT2D eigenvalue weighted by Gasteiger charge is -2.32. The topological polar surface area (TPSA) is 92.3 Å². The third kappa shape index (κ3) is 7.41. The number of rotatable bonds is 8. The van der Waals surface area contributed by atoms with Crippen molar-refractivity contribution in [3.8, 4) is 5.75 Å². The molecule has 0 saturated carbocycles. The second-order valence-electron chi connectivity index (χ2n) is 9.89. The van der Waals surface area contributed by atoms with Gasteiger partial charge in [0.2, 0.25) is 0 Å². The fourth-order valence-corrected chi connectivity index (χ4v) is 3.10. The van der Waals surface area contributed by atoms with Crippen molar-refractivity contribution in [3.05, 3.63) is 29.8 Å². The molecule has 9 heteroatoms. The van der Waals surface area contributed by atoms with Crippen LogP contribution >= 0.6 is 0 Å². The number of carbonyl (C=O) groups is 2. The molecule has 0 aromatic heterocycles. The van der Waals surface area contributed by atoms with E-state index in [0.29, 0.717) is 18.7 Å². The average Bonchev–Trinajstić information content (AvgIpc) is 2.86. The Morgan fingerprint density at radius 2 is 1.62 bits per heavy atom. The maximum atomic E-state index is 12.1. The van der Waals surface area contributed by atoms with Gasteiger partial charge in [0, 0.05) is 12.7 Å². The molecule has 8 nitrogen and oxygen atoms in total. The number of hydrogen-bond donors (Lipinski definition) is 1. The monoisotopic (exact) mass is 449 g/mol. The molecule has 0 aliphatic carbocycles. The number of amides is 1. The van der Waals surface area contributed by atoms with Gasteiger partial charge in [0.05, 0.1) is 24.9 Å². The van der Waals surface area contributed by atoms with Crippen LogP contribution < -0.4 is 10.1 Å². The molecule has 1 aliphatic rings. The van der Waals surface area contributed by atoms with Gasteiger partial charge in [-0.05, 0) is 66.2 Å². The van der Waals surface area contributed by atoms with Crippen molar-refractivity contribution in [3.63, 3.8) is 0 Å². The van der Waals surface area contributed by atoms with Gasteiger partial charge in [-0.2, -0.15) is 0 Å². The maximum absolute atomic E-state index is 12.1. The van der Waals surface area contributed by atoms with E-state index in [9.17, 15) is 9.59 Å². The predicted octanol–water partition coefficient (Wildman–Crippen LogP) is 3.77. The van der Waals surface area contributed by atoms with E-state index >= 15 is 0 Å². The van der Waals surface area contributed by atoms with E-state index < -0.39 is 23.7 Å². The summed E-state index contributed by atoms with van der Waals surface area (Å²) in [5.41, 5.74) is -0.537. The Balaban J connectivity index is 1.87. The standard InChI is InChI=1S/C23H36BNO7/c1-21(2,3)30-20(27)25-18(19(26)28-8)15-16-9-11-17(12-10-16)29-14-13-24-31-22(4,5)23(6,7)32-24/h9-12,18H,13-15H2,1-8H3,(H,25,27)/t18-/m0/s1. The first-order valence-corrected chi connectivity index (χ1v) is 10.9. The Labute approximate surface area is 191 Å². The van der Waals surface area contributed by atoms with E-state index in [4.69, 9.17) is 23.5 Å². The quantitative estimate of drug-likeness (QED) is 0.477. The summed E-state index contributed by atoms with van der Waals surface area (Å²) in [4.78, 5) is 24.2. The number of carbonyl (C=O) groups excluding carboxylic acids is 2. The van der Waals surface area contributed by atoms with Crippen molar-refractivity contribution >= 4 is 19.2 Å². The smallest absolute Gasteiger partial charge is 0.461 e. The molecule has 1 N–H and O–H groups in total. The molecule has 0 radical (unpaired) electrons. The number of esters is 1. The molecule has 0 unspecified atom stereocenters. The van der Waals surface area contributed by atoms with Gasteiger partial charge in [-0.25, -0.2) is 9.59 Å². The van der Waals surface area contributed by atoms with Crippen LogP contribution in [0.4, 0.5) is 4.79 Å². The van der Waals surface area contributed by atoms with Gasteiger partial charge in [-0.15, -0.1) is 0 Å². The van der Waals surface area contributed by atoms with Crippen LogP contribution in [0.25, 0.3) is 0 Å². The van der Waals surface area contributed by atoms with Gasteiger partial charge < -0.3 is 28.8 Å². The Hall–Kier alpha value is -2.26. The molecular formula is C23H36BNO7. The van der Waals surface area contributed by atoms with Crippen molar-refractivity contribution in [2.75, 3.05) is 13.7 Å². The van der Waals surface area contributed by atoms with Crippen LogP contribution in [0.15, 0.2) is 24.3 Å². The molecule has 1 aromatic rings. The summed E-state index contributed by atoms with van der Waals surface area (Å²) in [6.45, 7) is 13.8. The molecule has 1 fully saturated rings. The molecule has 1 aromatic carbocycles. The summed E-state index contributed by atoms with van der Waals surface area (Å²) in [6.07, 6.45) is 0.203. The Morgan fingerprint density at radius 1 is 1.06 bits per heavy atom. The highest BCUT2D eigenvalue weighted by molar-refractivity contribution is 6.45. The highest BCUT2D eigenvalue weighted by Gasteiger charge is 2.50. The number of alkyl carbamates (subject to hydrolysis) is 1. The van der Waals surface area contributed by atoms with Crippen molar-refractivity contribution < 1.29 is 33.1 Å².